The Labute approximate surface area is 110 Å². The Morgan fingerprint density at radius 1 is 1.47 bits per heavy atom. The molecule has 0 aliphatic heterocycles. The summed E-state index contributed by atoms with van der Waals surface area (Å²) in [5.74, 6) is -1.44. The highest BCUT2D eigenvalue weighted by atomic mass is 19.1. The molecular formula is C13H16FN3O2. The lowest BCUT2D eigenvalue weighted by atomic mass is 10.1. The zero-order valence-electron chi connectivity index (χ0n) is 10.6. The van der Waals surface area contributed by atoms with Crippen molar-refractivity contribution >= 4 is 17.5 Å². The summed E-state index contributed by atoms with van der Waals surface area (Å²) in [5.41, 5.74) is 5.71. The lowest BCUT2D eigenvalue weighted by Crippen LogP contribution is -2.39. The van der Waals surface area contributed by atoms with Gasteiger partial charge in [0.25, 0.3) is 5.91 Å². The van der Waals surface area contributed by atoms with Gasteiger partial charge in [0.05, 0.1) is 12.1 Å². The van der Waals surface area contributed by atoms with E-state index >= 15 is 0 Å². The summed E-state index contributed by atoms with van der Waals surface area (Å²) in [6, 6.07) is 4.03. The Morgan fingerprint density at radius 3 is 2.79 bits per heavy atom. The molecule has 0 saturated heterocycles. The Kier molecular flexibility index (Phi) is 3.69. The van der Waals surface area contributed by atoms with E-state index in [-0.39, 0.29) is 24.1 Å². The number of hydrogen-bond acceptors (Lipinski definition) is 3. The van der Waals surface area contributed by atoms with E-state index in [0.29, 0.717) is 5.69 Å². The number of halogens is 1. The number of nitrogen functional groups attached to an aromatic ring is 1. The number of carbonyl (C=O) groups excluding carboxylic acids is 2. The van der Waals surface area contributed by atoms with Gasteiger partial charge in [-0.3, -0.25) is 9.59 Å². The minimum absolute atomic E-state index is 0.0937. The third-order valence-electron chi connectivity index (χ3n) is 2.89. The van der Waals surface area contributed by atoms with Gasteiger partial charge in [-0.25, -0.2) is 4.39 Å². The van der Waals surface area contributed by atoms with Crippen LogP contribution in [0.1, 0.15) is 23.2 Å². The molecule has 1 aliphatic rings. The van der Waals surface area contributed by atoms with Crippen LogP contribution in [0, 0.1) is 5.82 Å². The molecule has 5 nitrogen and oxygen atoms in total. The van der Waals surface area contributed by atoms with Crippen molar-refractivity contribution in [3.8, 4) is 0 Å². The van der Waals surface area contributed by atoms with E-state index in [2.05, 4.69) is 5.32 Å². The third-order valence-corrected chi connectivity index (χ3v) is 2.89. The van der Waals surface area contributed by atoms with Gasteiger partial charge in [-0.05, 0) is 31.0 Å². The van der Waals surface area contributed by atoms with Crippen LogP contribution < -0.4 is 11.1 Å². The lowest BCUT2D eigenvalue weighted by molar-refractivity contribution is -0.121. The normalized spacial score (nSPS) is 14.0. The Bertz CT molecular complexity index is 515. The molecule has 2 amide bonds. The van der Waals surface area contributed by atoms with E-state index in [4.69, 9.17) is 5.73 Å². The van der Waals surface area contributed by atoms with E-state index in [0.717, 1.165) is 18.9 Å². The lowest BCUT2D eigenvalue weighted by Gasteiger charge is -2.17. The zero-order chi connectivity index (χ0) is 14.0. The average molecular weight is 265 g/mol. The Morgan fingerprint density at radius 2 is 2.16 bits per heavy atom. The minimum Gasteiger partial charge on any atom is -0.399 e. The van der Waals surface area contributed by atoms with Crippen LogP contribution in [0.2, 0.25) is 0 Å². The largest absolute Gasteiger partial charge is 0.399 e. The van der Waals surface area contributed by atoms with Crippen LogP contribution in [0.15, 0.2) is 18.2 Å². The summed E-state index contributed by atoms with van der Waals surface area (Å²) >= 11 is 0. The highest BCUT2D eigenvalue weighted by molar-refractivity contribution is 5.97. The topological polar surface area (TPSA) is 75.4 Å². The first-order valence-corrected chi connectivity index (χ1v) is 6.07. The summed E-state index contributed by atoms with van der Waals surface area (Å²) in [6.07, 6.45) is 1.96. The third kappa shape index (κ3) is 3.43. The number of anilines is 1. The second kappa shape index (κ2) is 5.26. The number of nitrogens with zero attached hydrogens (tertiary/aromatic N) is 1. The molecule has 0 radical (unpaired) electrons. The average Bonchev–Trinajstić information content (AvgIpc) is 3.15. The van der Waals surface area contributed by atoms with Gasteiger partial charge < -0.3 is 16.0 Å². The molecule has 1 fully saturated rings. The predicted octanol–water partition coefficient (Wildman–Crippen LogP) is 0.759. The van der Waals surface area contributed by atoms with Crippen molar-refractivity contribution in [1.82, 2.24) is 10.2 Å². The van der Waals surface area contributed by atoms with Crippen LogP contribution in [0.5, 0.6) is 0 Å². The molecule has 0 bridgehead atoms. The highest BCUT2D eigenvalue weighted by Gasteiger charge is 2.25. The summed E-state index contributed by atoms with van der Waals surface area (Å²) in [5, 5.41) is 2.77. The molecular weight excluding hydrogens is 249 g/mol. The molecule has 1 aliphatic carbocycles. The number of likely N-dealkylation sites (N-methyl/N-ethyl adjacent to an activating group) is 1. The van der Waals surface area contributed by atoms with E-state index in [9.17, 15) is 14.0 Å². The van der Waals surface area contributed by atoms with Gasteiger partial charge in [0, 0.05) is 18.8 Å². The van der Waals surface area contributed by atoms with Crippen LogP contribution in [0.25, 0.3) is 0 Å². The van der Waals surface area contributed by atoms with Gasteiger partial charge in [-0.15, -0.1) is 0 Å². The molecule has 3 N–H and O–H groups in total. The number of carbonyl (C=O) groups is 2. The second-order valence-electron chi connectivity index (χ2n) is 4.74. The molecule has 6 heteroatoms. The SMILES string of the molecule is CN(CC(=O)NC1CC1)C(=O)c1cc(N)ccc1F. The summed E-state index contributed by atoms with van der Waals surface area (Å²) in [4.78, 5) is 24.7. The Balaban J connectivity index is 2.01. The first-order valence-electron chi connectivity index (χ1n) is 6.07. The minimum atomic E-state index is -0.645. The summed E-state index contributed by atoms with van der Waals surface area (Å²) in [7, 11) is 1.46. The molecule has 0 spiro atoms. The number of nitrogens with one attached hydrogen (secondary N) is 1. The fourth-order valence-corrected chi connectivity index (χ4v) is 1.70. The number of hydrogen-bond donors (Lipinski definition) is 2. The fraction of sp³-hybridized carbons (Fsp3) is 0.385. The first-order chi connectivity index (χ1) is 8.97. The van der Waals surface area contributed by atoms with E-state index in [1.807, 2.05) is 0 Å². The summed E-state index contributed by atoms with van der Waals surface area (Å²) in [6.45, 7) is -0.0937. The van der Waals surface area contributed by atoms with Crippen molar-refractivity contribution in [1.29, 1.82) is 0 Å². The maximum atomic E-state index is 13.5. The van der Waals surface area contributed by atoms with Crippen LogP contribution in [-0.4, -0.2) is 36.3 Å². The number of amides is 2. The predicted molar refractivity (Wildman–Crippen MR) is 68.9 cm³/mol. The van der Waals surface area contributed by atoms with Crippen molar-refractivity contribution < 1.29 is 14.0 Å². The van der Waals surface area contributed by atoms with E-state index in [1.165, 1.54) is 24.1 Å². The van der Waals surface area contributed by atoms with Gasteiger partial charge in [0.2, 0.25) is 5.91 Å². The highest BCUT2D eigenvalue weighted by Crippen LogP contribution is 2.18. The van der Waals surface area contributed by atoms with Crippen molar-refractivity contribution in [2.24, 2.45) is 0 Å². The van der Waals surface area contributed by atoms with Crippen molar-refractivity contribution in [3.63, 3.8) is 0 Å². The fourth-order valence-electron chi connectivity index (χ4n) is 1.70. The first kappa shape index (κ1) is 13.3. The quantitative estimate of drug-likeness (QED) is 0.789. The molecule has 0 aromatic heterocycles. The van der Waals surface area contributed by atoms with Crippen molar-refractivity contribution in [3.05, 3.63) is 29.6 Å². The smallest absolute Gasteiger partial charge is 0.257 e. The van der Waals surface area contributed by atoms with Gasteiger partial charge in [-0.1, -0.05) is 0 Å². The van der Waals surface area contributed by atoms with Crippen LogP contribution in [0.3, 0.4) is 0 Å². The van der Waals surface area contributed by atoms with E-state index in [1.54, 1.807) is 0 Å². The van der Waals surface area contributed by atoms with Crippen molar-refractivity contribution in [2.75, 3.05) is 19.3 Å². The number of rotatable bonds is 4. The van der Waals surface area contributed by atoms with Gasteiger partial charge in [-0.2, -0.15) is 0 Å². The second-order valence-corrected chi connectivity index (χ2v) is 4.74. The summed E-state index contributed by atoms with van der Waals surface area (Å²) < 4.78 is 13.5. The molecule has 2 rings (SSSR count). The molecule has 19 heavy (non-hydrogen) atoms. The Hall–Kier alpha value is -2.11. The monoisotopic (exact) mass is 265 g/mol. The van der Waals surface area contributed by atoms with E-state index < -0.39 is 11.7 Å². The van der Waals surface area contributed by atoms with Gasteiger partial charge >= 0.3 is 0 Å². The maximum absolute atomic E-state index is 13.5. The van der Waals surface area contributed by atoms with Gasteiger partial charge in [0.15, 0.2) is 0 Å². The molecule has 0 atom stereocenters. The maximum Gasteiger partial charge on any atom is 0.257 e. The molecule has 102 valence electrons. The van der Waals surface area contributed by atoms with Crippen molar-refractivity contribution in [2.45, 2.75) is 18.9 Å². The van der Waals surface area contributed by atoms with Gasteiger partial charge in [0.1, 0.15) is 5.82 Å². The molecule has 1 aromatic carbocycles. The van der Waals surface area contributed by atoms with Crippen LogP contribution >= 0.6 is 0 Å². The number of benzene rings is 1. The molecule has 1 saturated carbocycles. The molecule has 0 unspecified atom stereocenters. The van der Waals surface area contributed by atoms with Crippen LogP contribution in [-0.2, 0) is 4.79 Å². The number of nitrogens with two attached hydrogens (primary N) is 1. The standard InChI is InChI=1S/C13H16FN3O2/c1-17(7-12(18)16-9-3-4-9)13(19)10-6-8(15)2-5-11(10)14/h2,5-6,9H,3-4,7,15H2,1H3,(H,16,18). The zero-order valence-corrected chi connectivity index (χ0v) is 10.6. The molecule has 1 aromatic rings. The molecule has 0 heterocycles. The van der Waals surface area contributed by atoms with Crippen LogP contribution in [0.4, 0.5) is 10.1 Å².